The molecule has 0 N–H and O–H groups in total. The van der Waals surface area contributed by atoms with Gasteiger partial charge in [0.05, 0.1) is 6.10 Å². The van der Waals surface area contributed by atoms with E-state index in [2.05, 4.69) is 0 Å². The summed E-state index contributed by atoms with van der Waals surface area (Å²) in [6, 6.07) is 12.6. The Morgan fingerprint density at radius 3 is 2.60 bits per heavy atom. The minimum Gasteiger partial charge on any atom is -0.490 e. The summed E-state index contributed by atoms with van der Waals surface area (Å²) in [7, 11) is 0. The number of ether oxygens (including phenoxy) is 2. The number of aryl methyl sites for hydroxylation is 1. The number of halogens is 1. The van der Waals surface area contributed by atoms with Gasteiger partial charge in [-0.05, 0) is 55.5 Å². The van der Waals surface area contributed by atoms with Crippen molar-refractivity contribution in [1.82, 2.24) is 0 Å². The minimum absolute atomic E-state index is 0.117. The first-order valence-electron chi connectivity index (χ1n) is 8.91. The average molecular weight is 340 g/mol. The monoisotopic (exact) mass is 340 g/mol. The summed E-state index contributed by atoms with van der Waals surface area (Å²) in [6.45, 7) is 0. The van der Waals surface area contributed by atoms with Gasteiger partial charge in [0.15, 0.2) is 0 Å². The minimum atomic E-state index is -0.246. The summed E-state index contributed by atoms with van der Waals surface area (Å²) >= 11 is 0. The number of hydrogen-bond donors (Lipinski definition) is 0. The van der Waals surface area contributed by atoms with E-state index in [-0.39, 0.29) is 18.0 Å². The Balaban J connectivity index is 1.46. The van der Waals surface area contributed by atoms with Crippen LogP contribution in [-0.4, -0.2) is 11.9 Å². The normalized spacial score (nSPS) is 20.7. The molecular formula is C21H21FO3. The van der Waals surface area contributed by atoms with Gasteiger partial charge in [0.25, 0.3) is 0 Å². The zero-order chi connectivity index (χ0) is 17.2. The van der Waals surface area contributed by atoms with Crippen molar-refractivity contribution in [3.63, 3.8) is 0 Å². The van der Waals surface area contributed by atoms with Crippen LogP contribution in [0.2, 0.25) is 0 Å². The number of ketones is 1. The highest BCUT2D eigenvalue weighted by Gasteiger charge is 2.25. The van der Waals surface area contributed by atoms with Crippen molar-refractivity contribution in [1.29, 1.82) is 0 Å². The second kappa shape index (κ2) is 6.87. The largest absolute Gasteiger partial charge is 0.490 e. The number of hydrogen-bond acceptors (Lipinski definition) is 3. The van der Waals surface area contributed by atoms with Gasteiger partial charge in [-0.3, -0.25) is 4.79 Å². The summed E-state index contributed by atoms with van der Waals surface area (Å²) < 4.78 is 26.0. The first kappa shape index (κ1) is 16.1. The quantitative estimate of drug-likeness (QED) is 0.806. The van der Waals surface area contributed by atoms with Crippen LogP contribution in [0.5, 0.6) is 11.5 Å². The number of carbonyl (C=O) groups is 1. The van der Waals surface area contributed by atoms with Crippen LogP contribution in [0.15, 0.2) is 42.5 Å². The fraction of sp³-hybridized carbons (Fsp3) is 0.381. The zero-order valence-corrected chi connectivity index (χ0v) is 14.0. The van der Waals surface area contributed by atoms with Crippen molar-refractivity contribution in [3.05, 3.63) is 59.4 Å². The van der Waals surface area contributed by atoms with E-state index in [0.29, 0.717) is 24.2 Å². The SMILES string of the molecule is O=C1CCC(Oc2ccc3c(c2)CCC(c2ccccc2F)O3)CC1. The molecule has 0 bridgehead atoms. The Kier molecular flexibility index (Phi) is 4.43. The Morgan fingerprint density at radius 1 is 1.00 bits per heavy atom. The molecule has 130 valence electrons. The molecule has 1 unspecified atom stereocenters. The smallest absolute Gasteiger partial charge is 0.133 e. The van der Waals surface area contributed by atoms with E-state index < -0.39 is 0 Å². The highest BCUT2D eigenvalue weighted by atomic mass is 19.1. The summed E-state index contributed by atoms with van der Waals surface area (Å²) in [4.78, 5) is 11.3. The van der Waals surface area contributed by atoms with Gasteiger partial charge < -0.3 is 9.47 Å². The number of Topliss-reactive ketones (excluding diaryl/α,β-unsaturated/α-hetero) is 1. The molecule has 1 aliphatic heterocycles. The third kappa shape index (κ3) is 3.53. The molecule has 1 heterocycles. The number of benzene rings is 2. The van der Waals surface area contributed by atoms with Crippen LogP contribution in [0.3, 0.4) is 0 Å². The fourth-order valence-corrected chi connectivity index (χ4v) is 3.62. The van der Waals surface area contributed by atoms with Crippen LogP contribution in [-0.2, 0) is 11.2 Å². The lowest BCUT2D eigenvalue weighted by Crippen LogP contribution is -2.24. The molecule has 1 aliphatic carbocycles. The molecule has 2 aromatic carbocycles. The van der Waals surface area contributed by atoms with E-state index in [9.17, 15) is 9.18 Å². The van der Waals surface area contributed by atoms with Crippen molar-refractivity contribution in [2.45, 2.75) is 50.7 Å². The molecule has 1 saturated carbocycles. The van der Waals surface area contributed by atoms with Gasteiger partial charge in [-0.15, -0.1) is 0 Å². The van der Waals surface area contributed by atoms with E-state index in [1.807, 2.05) is 24.3 Å². The van der Waals surface area contributed by atoms with Crippen LogP contribution < -0.4 is 9.47 Å². The predicted molar refractivity (Wildman–Crippen MR) is 92.4 cm³/mol. The van der Waals surface area contributed by atoms with Gasteiger partial charge in [0, 0.05) is 18.4 Å². The molecule has 25 heavy (non-hydrogen) atoms. The summed E-state index contributed by atoms with van der Waals surface area (Å²) in [5.41, 5.74) is 1.71. The molecule has 0 amide bonds. The van der Waals surface area contributed by atoms with E-state index in [4.69, 9.17) is 9.47 Å². The van der Waals surface area contributed by atoms with Gasteiger partial charge in [0.2, 0.25) is 0 Å². The lowest BCUT2D eigenvalue weighted by atomic mass is 9.96. The van der Waals surface area contributed by atoms with Crippen molar-refractivity contribution in [2.24, 2.45) is 0 Å². The molecule has 4 heteroatoms. The maximum atomic E-state index is 14.0. The van der Waals surface area contributed by atoms with Crippen LogP contribution in [0, 0.1) is 5.82 Å². The molecule has 4 rings (SSSR count). The Morgan fingerprint density at radius 2 is 1.80 bits per heavy atom. The molecule has 1 atom stereocenters. The van der Waals surface area contributed by atoms with Crippen LogP contribution in [0.25, 0.3) is 0 Å². The lowest BCUT2D eigenvalue weighted by Gasteiger charge is -2.28. The van der Waals surface area contributed by atoms with Gasteiger partial charge in [-0.1, -0.05) is 18.2 Å². The Hall–Kier alpha value is -2.36. The van der Waals surface area contributed by atoms with Gasteiger partial charge in [-0.2, -0.15) is 0 Å². The predicted octanol–water partition coefficient (Wildman–Crippen LogP) is 4.78. The van der Waals surface area contributed by atoms with E-state index in [1.54, 1.807) is 12.1 Å². The van der Waals surface area contributed by atoms with Crippen molar-refractivity contribution in [3.8, 4) is 11.5 Å². The lowest BCUT2D eigenvalue weighted by molar-refractivity contribution is -0.121. The molecule has 0 spiro atoms. The topological polar surface area (TPSA) is 35.5 Å². The zero-order valence-electron chi connectivity index (χ0n) is 14.0. The maximum Gasteiger partial charge on any atom is 0.133 e. The van der Waals surface area contributed by atoms with Crippen molar-refractivity contribution < 1.29 is 18.7 Å². The molecule has 0 radical (unpaired) electrons. The van der Waals surface area contributed by atoms with Gasteiger partial charge in [-0.25, -0.2) is 4.39 Å². The van der Waals surface area contributed by atoms with E-state index in [0.717, 1.165) is 42.7 Å². The first-order chi connectivity index (χ1) is 12.2. The van der Waals surface area contributed by atoms with Crippen LogP contribution in [0.4, 0.5) is 4.39 Å². The fourth-order valence-electron chi connectivity index (χ4n) is 3.62. The molecule has 0 saturated heterocycles. The third-order valence-corrected chi connectivity index (χ3v) is 5.02. The standard InChI is InChI=1S/C21H21FO3/c22-19-4-2-1-3-18(19)21-11-5-14-13-17(10-12-20(14)25-21)24-16-8-6-15(23)7-9-16/h1-4,10,12-13,16,21H,5-9,11H2. The average Bonchev–Trinajstić information content (AvgIpc) is 2.64. The van der Waals surface area contributed by atoms with Crippen molar-refractivity contribution >= 4 is 5.78 Å². The highest BCUT2D eigenvalue weighted by Crippen LogP contribution is 2.37. The van der Waals surface area contributed by atoms with Crippen LogP contribution >= 0.6 is 0 Å². The number of rotatable bonds is 3. The van der Waals surface area contributed by atoms with Crippen LogP contribution in [0.1, 0.15) is 49.3 Å². The second-order valence-electron chi connectivity index (χ2n) is 6.79. The second-order valence-corrected chi connectivity index (χ2v) is 6.79. The number of fused-ring (bicyclic) bond motifs is 1. The first-order valence-corrected chi connectivity index (χ1v) is 8.91. The Labute approximate surface area is 146 Å². The molecule has 2 aromatic rings. The third-order valence-electron chi connectivity index (χ3n) is 5.02. The molecule has 1 fully saturated rings. The number of carbonyl (C=O) groups excluding carboxylic acids is 1. The van der Waals surface area contributed by atoms with E-state index in [1.165, 1.54) is 6.07 Å². The molecule has 2 aliphatic rings. The highest BCUT2D eigenvalue weighted by molar-refractivity contribution is 5.79. The van der Waals surface area contributed by atoms with Gasteiger partial charge >= 0.3 is 0 Å². The molecule has 3 nitrogen and oxygen atoms in total. The molecule has 0 aromatic heterocycles. The molecular weight excluding hydrogens is 319 g/mol. The van der Waals surface area contributed by atoms with Crippen molar-refractivity contribution in [2.75, 3.05) is 0 Å². The summed E-state index contributed by atoms with van der Waals surface area (Å²) in [5, 5.41) is 0. The maximum absolute atomic E-state index is 14.0. The summed E-state index contributed by atoms with van der Waals surface area (Å²) in [6.07, 6.45) is 4.26. The Bertz CT molecular complexity index is 776. The van der Waals surface area contributed by atoms with Gasteiger partial charge in [0.1, 0.15) is 29.2 Å². The van der Waals surface area contributed by atoms with E-state index >= 15 is 0 Å². The summed E-state index contributed by atoms with van der Waals surface area (Å²) in [5.74, 6) is 1.73.